The fourth-order valence-electron chi connectivity index (χ4n) is 3.88. The topological polar surface area (TPSA) is 108 Å². The third-order valence-corrected chi connectivity index (χ3v) is 5.16. The molecule has 1 amide bonds. The normalized spacial score (nSPS) is 16.8. The van der Waals surface area contributed by atoms with Crippen molar-refractivity contribution in [3.63, 3.8) is 0 Å². The Labute approximate surface area is 152 Å². The van der Waals surface area contributed by atoms with E-state index in [1.165, 1.54) is 0 Å². The molecule has 8 nitrogen and oxygen atoms in total. The van der Waals surface area contributed by atoms with Crippen molar-refractivity contribution in [2.45, 2.75) is 39.2 Å². The number of ether oxygens (including phenoxy) is 1. The lowest BCUT2D eigenvalue weighted by Gasteiger charge is -2.24. The molecule has 8 heteroatoms. The molecule has 0 atom stereocenters. The average molecular weight is 356 g/mol. The molecule has 0 aromatic carbocycles. The van der Waals surface area contributed by atoms with E-state index in [1.807, 2.05) is 17.8 Å². The molecule has 3 heterocycles. The Balaban J connectivity index is 1.79. The number of primary amides is 1. The summed E-state index contributed by atoms with van der Waals surface area (Å²) in [7, 11) is 0. The van der Waals surface area contributed by atoms with E-state index in [-0.39, 0.29) is 0 Å². The number of nitrogens with one attached hydrogen (secondary N) is 1. The van der Waals surface area contributed by atoms with Gasteiger partial charge < -0.3 is 15.8 Å². The zero-order chi connectivity index (χ0) is 18.1. The van der Waals surface area contributed by atoms with Gasteiger partial charge in [0.2, 0.25) is 0 Å². The number of amides is 1. The maximum atomic E-state index is 11.9. The number of rotatable bonds is 5. The molecule has 1 aliphatic carbocycles. The Hall–Kier alpha value is -2.48. The average Bonchev–Trinajstić information content (AvgIpc) is 3.02. The van der Waals surface area contributed by atoms with Crippen LogP contribution in [0.15, 0.2) is 6.20 Å². The molecule has 2 aromatic rings. The molecular weight excluding hydrogens is 332 g/mol. The Kier molecular flexibility index (Phi) is 4.58. The van der Waals surface area contributed by atoms with Gasteiger partial charge in [-0.3, -0.25) is 9.48 Å². The van der Waals surface area contributed by atoms with Gasteiger partial charge in [-0.15, -0.1) is 0 Å². The maximum absolute atomic E-state index is 11.9. The van der Waals surface area contributed by atoms with Gasteiger partial charge in [-0.1, -0.05) is 0 Å². The van der Waals surface area contributed by atoms with E-state index in [4.69, 9.17) is 10.5 Å². The van der Waals surface area contributed by atoms with Gasteiger partial charge in [0.25, 0.3) is 5.91 Å². The highest BCUT2D eigenvalue weighted by Crippen LogP contribution is 2.35. The molecule has 3 N–H and O–H groups in total. The zero-order valence-corrected chi connectivity index (χ0v) is 15.0. The number of carbonyl (C=O) groups excluding carboxylic acids is 1. The number of nitrogens with two attached hydrogens (primary N) is 1. The highest BCUT2D eigenvalue weighted by molar-refractivity contribution is 5.94. The van der Waals surface area contributed by atoms with Crippen LogP contribution in [0.2, 0.25) is 0 Å². The summed E-state index contributed by atoms with van der Waals surface area (Å²) >= 11 is 0. The highest BCUT2D eigenvalue weighted by atomic mass is 16.5. The monoisotopic (exact) mass is 356 g/mol. The van der Waals surface area contributed by atoms with Gasteiger partial charge in [0.15, 0.2) is 5.69 Å². The van der Waals surface area contributed by atoms with Gasteiger partial charge in [0.05, 0.1) is 18.0 Å². The van der Waals surface area contributed by atoms with Crippen molar-refractivity contribution in [3.05, 3.63) is 23.0 Å². The summed E-state index contributed by atoms with van der Waals surface area (Å²) in [5, 5.41) is 7.96. The van der Waals surface area contributed by atoms with E-state index in [1.54, 1.807) is 0 Å². The summed E-state index contributed by atoms with van der Waals surface area (Å²) in [6.45, 7) is 5.21. The standard InChI is InChI=1S/C18H24N6O2/c1-2-26-18-21-9-12-3-4-13-15(17(19)25)23-24(16(13)14(12)22-18)10-11-5-7-20-8-6-11/h9,11,20H,2-8,10H2,1H3,(H2,19,25). The number of carbonyl (C=O) groups is 1. The molecule has 1 aliphatic heterocycles. The third-order valence-electron chi connectivity index (χ3n) is 5.16. The molecule has 0 unspecified atom stereocenters. The van der Waals surface area contributed by atoms with Crippen LogP contribution in [0.5, 0.6) is 6.01 Å². The summed E-state index contributed by atoms with van der Waals surface area (Å²) in [6.07, 6.45) is 5.52. The van der Waals surface area contributed by atoms with Crippen molar-refractivity contribution in [2.75, 3.05) is 19.7 Å². The second-order valence-corrected chi connectivity index (χ2v) is 6.87. The number of piperidine rings is 1. The van der Waals surface area contributed by atoms with Gasteiger partial charge >= 0.3 is 6.01 Å². The number of hydrogen-bond acceptors (Lipinski definition) is 6. The smallest absolute Gasteiger partial charge is 0.316 e. The largest absolute Gasteiger partial charge is 0.464 e. The third kappa shape index (κ3) is 3.05. The first kappa shape index (κ1) is 17.0. The van der Waals surface area contributed by atoms with Crippen LogP contribution in [0.3, 0.4) is 0 Å². The van der Waals surface area contributed by atoms with Crippen LogP contribution in [0, 0.1) is 5.92 Å². The Morgan fingerprint density at radius 1 is 1.38 bits per heavy atom. The van der Waals surface area contributed by atoms with Crippen LogP contribution in [-0.2, 0) is 19.4 Å². The summed E-state index contributed by atoms with van der Waals surface area (Å²) < 4.78 is 7.42. The molecule has 0 spiro atoms. The number of fused-ring (bicyclic) bond motifs is 3. The Bertz CT molecular complexity index is 825. The first-order valence-electron chi connectivity index (χ1n) is 9.26. The van der Waals surface area contributed by atoms with Gasteiger partial charge in [-0.2, -0.15) is 10.1 Å². The molecule has 1 fully saturated rings. The van der Waals surface area contributed by atoms with E-state index in [0.29, 0.717) is 24.2 Å². The minimum atomic E-state index is -0.479. The van der Waals surface area contributed by atoms with Crippen molar-refractivity contribution in [1.29, 1.82) is 0 Å². The number of aromatic nitrogens is 4. The van der Waals surface area contributed by atoms with Crippen LogP contribution in [-0.4, -0.2) is 45.4 Å². The van der Waals surface area contributed by atoms with Crippen LogP contribution < -0.4 is 15.8 Å². The minimum absolute atomic E-state index is 0.356. The maximum Gasteiger partial charge on any atom is 0.316 e. The Morgan fingerprint density at radius 3 is 2.92 bits per heavy atom. The first-order valence-corrected chi connectivity index (χ1v) is 9.26. The molecule has 0 radical (unpaired) electrons. The Morgan fingerprint density at radius 2 is 2.19 bits per heavy atom. The molecule has 26 heavy (non-hydrogen) atoms. The second kappa shape index (κ2) is 7.03. The van der Waals surface area contributed by atoms with E-state index >= 15 is 0 Å². The van der Waals surface area contributed by atoms with Gasteiger partial charge in [-0.25, -0.2) is 4.98 Å². The van der Waals surface area contributed by atoms with Crippen LogP contribution in [0.25, 0.3) is 11.4 Å². The van der Waals surface area contributed by atoms with Gasteiger partial charge in [-0.05, 0) is 57.2 Å². The fraction of sp³-hybridized carbons (Fsp3) is 0.556. The van der Waals surface area contributed by atoms with Crippen molar-refractivity contribution >= 4 is 5.91 Å². The number of aryl methyl sites for hydroxylation is 1. The van der Waals surface area contributed by atoms with Crippen molar-refractivity contribution in [1.82, 2.24) is 25.1 Å². The molecule has 138 valence electrons. The van der Waals surface area contributed by atoms with Crippen LogP contribution in [0.1, 0.15) is 41.4 Å². The summed E-state index contributed by atoms with van der Waals surface area (Å²) in [5.41, 5.74) is 9.66. The van der Waals surface area contributed by atoms with Gasteiger partial charge in [0.1, 0.15) is 0 Å². The summed E-state index contributed by atoms with van der Waals surface area (Å²) in [4.78, 5) is 20.8. The summed E-state index contributed by atoms with van der Waals surface area (Å²) in [6, 6.07) is 0.356. The molecular formula is C18H24N6O2. The van der Waals surface area contributed by atoms with Crippen molar-refractivity contribution in [3.8, 4) is 17.4 Å². The molecule has 2 aromatic heterocycles. The molecule has 0 bridgehead atoms. The predicted octanol–water partition coefficient (Wildman–Crippen LogP) is 0.936. The van der Waals surface area contributed by atoms with E-state index < -0.39 is 5.91 Å². The fourth-order valence-corrected chi connectivity index (χ4v) is 3.88. The quantitative estimate of drug-likeness (QED) is 0.825. The van der Waals surface area contributed by atoms with Crippen molar-refractivity contribution in [2.24, 2.45) is 11.7 Å². The first-order chi connectivity index (χ1) is 12.7. The van der Waals surface area contributed by atoms with E-state index in [0.717, 1.165) is 67.8 Å². The molecule has 2 aliphatic rings. The molecule has 4 rings (SSSR count). The van der Waals surface area contributed by atoms with Gasteiger partial charge in [0, 0.05) is 18.3 Å². The lowest BCUT2D eigenvalue weighted by molar-refractivity contribution is 0.0993. The van der Waals surface area contributed by atoms with E-state index in [2.05, 4.69) is 20.4 Å². The number of nitrogens with zero attached hydrogens (tertiary/aromatic N) is 4. The highest BCUT2D eigenvalue weighted by Gasteiger charge is 2.30. The minimum Gasteiger partial charge on any atom is -0.464 e. The summed E-state index contributed by atoms with van der Waals surface area (Å²) in [5.74, 6) is 0.0485. The lowest BCUT2D eigenvalue weighted by Crippen LogP contribution is -2.30. The molecule has 1 saturated heterocycles. The van der Waals surface area contributed by atoms with Crippen LogP contribution in [0.4, 0.5) is 0 Å². The molecule has 0 saturated carbocycles. The van der Waals surface area contributed by atoms with Crippen LogP contribution >= 0.6 is 0 Å². The number of hydrogen-bond donors (Lipinski definition) is 2. The SMILES string of the molecule is CCOc1ncc2c(n1)-c1c(c(C(N)=O)nn1CC1CCNCC1)CC2. The lowest BCUT2D eigenvalue weighted by atomic mass is 9.92. The predicted molar refractivity (Wildman–Crippen MR) is 95.9 cm³/mol. The zero-order valence-electron chi connectivity index (χ0n) is 15.0. The van der Waals surface area contributed by atoms with E-state index in [9.17, 15) is 4.79 Å². The van der Waals surface area contributed by atoms with Crippen molar-refractivity contribution < 1.29 is 9.53 Å². The second-order valence-electron chi connectivity index (χ2n) is 6.87.